The third-order valence-electron chi connectivity index (χ3n) is 3.16. The lowest BCUT2D eigenvalue weighted by Crippen LogP contribution is -2.22. The molecule has 0 aliphatic rings. The van der Waals surface area contributed by atoms with Crippen molar-refractivity contribution < 1.29 is 4.79 Å². The van der Waals surface area contributed by atoms with E-state index in [0.29, 0.717) is 5.56 Å². The lowest BCUT2D eigenvalue weighted by atomic mass is 10.1. The van der Waals surface area contributed by atoms with E-state index in [1.54, 1.807) is 11.0 Å². The maximum atomic E-state index is 12.3. The highest BCUT2D eigenvalue weighted by Gasteiger charge is 2.09. The van der Waals surface area contributed by atoms with E-state index >= 15 is 0 Å². The molecule has 0 saturated heterocycles. The molecule has 0 saturated carbocycles. The number of rotatable bonds is 2. The van der Waals surface area contributed by atoms with E-state index in [1.165, 1.54) is 0 Å². The SMILES string of the molecule is Cc1cc(C)cc(C(=O)Nn2cnc3ccccc32)c1. The zero-order chi connectivity index (χ0) is 14.1. The molecule has 0 fully saturated rings. The third-order valence-corrected chi connectivity index (χ3v) is 3.16. The largest absolute Gasteiger partial charge is 0.270 e. The molecule has 0 radical (unpaired) electrons. The van der Waals surface area contributed by atoms with Crippen LogP contribution in [0.5, 0.6) is 0 Å². The van der Waals surface area contributed by atoms with Crippen molar-refractivity contribution in [2.75, 3.05) is 5.43 Å². The summed E-state index contributed by atoms with van der Waals surface area (Å²) < 4.78 is 1.65. The molecule has 100 valence electrons. The number of carbonyl (C=O) groups is 1. The van der Waals surface area contributed by atoms with Crippen LogP contribution >= 0.6 is 0 Å². The number of nitrogens with one attached hydrogen (secondary N) is 1. The molecular formula is C16H15N3O. The molecule has 0 unspecified atom stereocenters. The molecule has 1 N–H and O–H groups in total. The van der Waals surface area contributed by atoms with Crippen LogP contribution in [0.4, 0.5) is 0 Å². The summed E-state index contributed by atoms with van der Waals surface area (Å²) in [5.41, 5.74) is 7.39. The van der Waals surface area contributed by atoms with Crippen molar-refractivity contribution in [1.82, 2.24) is 9.66 Å². The van der Waals surface area contributed by atoms with Crippen LogP contribution in [0.15, 0.2) is 48.8 Å². The van der Waals surface area contributed by atoms with E-state index in [0.717, 1.165) is 22.2 Å². The van der Waals surface area contributed by atoms with Crippen molar-refractivity contribution in [3.8, 4) is 0 Å². The highest BCUT2D eigenvalue weighted by Crippen LogP contribution is 2.12. The van der Waals surface area contributed by atoms with Crippen LogP contribution in [-0.2, 0) is 0 Å². The fourth-order valence-corrected chi connectivity index (χ4v) is 2.33. The molecule has 4 nitrogen and oxygen atoms in total. The minimum Gasteiger partial charge on any atom is -0.267 e. The summed E-state index contributed by atoms with van der Waals surface area (Å²) >= 11 is 0. The molecule has 0 atom stereocenters. The van der Waals surface area contributed by atoms with E-state index in [9.17, 15) is 4.79 Å². The van der Waals surface area contributed by atoms with Crippen LogP contribution in [0.1, 0.15) is 21.5 Å². The van der Waals surface area contributed by atoms with Gasteiger partial charge in [-0.3, -0.25) is 10.2 Å². The first kappa shape index (κ1) is 12.4. The molecule has 3 rings (SSSR count). The van der Waals surface area contributed by atoms with E-state index < -0.39 is 0 Å². The zero-order valence-electron chi connectivity index (χ0n) is 11.4. The van der Waals surface area contributed by atoms with Crippen LogP contribution in [0.25, 0.3) is 11.0 Å². The van der Waals surface area contributed by atoms with Crippen molar-refractivity contribution in [2.24, 2.45) is 0 Å². The van der Waals surface area contributed by atoms with Crippen molar-refractivity contribution >= 4 is 16.9 Å². The van der Waals surface area contributed by atoms with E-state index in [2.05, 4.69) is 10.4 Å². The summed E-state index contributed by atoms with van der Waals surface area (Å²) in [6, 6.07) is 13.5. The van der Waals surface area contributed by atoms with Gasteiger partial charge < -0.3 is 0 Å². The maximum Gasteiger partial charge on any atom is 0.270 e. The van der Waals surface area contributed by atoms with Gasteiger partial charge in [0.1, 0.15) is 6.33 Å². The van der Waals surface area contributed by atoms with Crippen LogP contribution in [0.3, 0.4) is 0 Å². The Morgan fingerprint density at radius 1 is 1.10 bits per heavy atom. The minimum absolute atomic E-state index is 0.139. The molecule has 2 aromatic carbocycles. The molecular weight excluding hydrogens is 250 g/mol. The Morgan fingerprint density at radius 2 is 1.80 bits per heavy atom. The number of benzene rings is 2. The van der Waals surface area contributed by atoms with Gasteiger partial charge in [-0.1, -0.05) is 29.3 Å². The van der Waals surface area contributed by atoms with E-state index in [-0.39, 0.29) is 5.91 Å². The second kappa shape index (κ2) is 4.81. The summed E-state index contributed by atoms with van der Waals surface area (Å²) in [7, 11) is 0. The lowest BCUT2D eigenvalue weighted by molar-refractivity contribution is 0.101. The highest BCUT2D eigenvalue weighted by molar-refractivity contribution is 6.01. The average Bonchev–Trinajstić information content (AvgIpc) is 2.81. The summed E-state index contributed by atoms with van der Waals surface area (Å²) in [6.07, 6.45) is 1.62. The Kier molecular flexibility index (Phi) is 2.99. The van der Waals surface area contributed by atoms with Gasteiger partial charge in [-0.2, -0.15) is 0 Å². The summed E-state index contributed by atoms with van der Waals surface area (Å²) in [6.45, 7) is 3.97. The number of para-hydroxylation sites is 2. The highest BCUT2D eigenvalue weighted by atomic mass is 16.2. The van der Waals surface area contributed by atoms with Crippen molar-refractivity contribution in [3.63, 3.8) is 0 Å². The molecule has 4 heteroatoms. The van der Waals surface area contributed by atoms with Crippen molar-refractivity contribution in [2.45, 2.75) is 13.8 Å². The van der Waals surface area contributed by atoms with Crippen molar-refractivity contribution in [3.05, 3.63) is 65.5 Å². The fraction of sp³-hybridized carbons (Fsp3) is 0.125. The molecule has 3 aromatic rings. The number of nitrogens with zero attached hydrogens (tertiary/aromatic N) is 2. The zero-order valence-corrected chi connectivity index (χ0v) is 11.4. The first-order chi connectivity index (χ1) is 9.63. The Hall–Kier alpha value is -2.62. The second-order valence-electron chi connectivity index (χ2n) is 4.92. The van der Waals surface area contributed by atoms with Gasteiger partial charge in [0, 0.05) is 5.56 Å². The first-order valence-electron chi connectivity index (χ1n) is 6.45. The maximum absolute atomic E-state index is 12.3. The predicted molar refractivity (Wildman–Crippen MR) is 79.3 cm³/mol. The molecule has 0 aliphatic heterocycles. The van der Waals surface area contributed by atoms with Gasteiger partial charge in [0.05, 0.1) is 11.0 Å². The Labute approximate surface area is 117 Å². The lowest BCUT2D eigenvalue weighted by Gasteiger charge is -2.08. The summed E-state index contributed by atoms with van der Waals surface area (Å²) in [5, 5.41) is 0. The van der Waals surface area contributed by atoms with Gasteiger partial charge in [-0.05, 0) is 38.1 Å². The quantitative estimate of drug-likeness (QED) is 0.774. The molecule has 1 aromatic heterocycles. The number of hydrogen-bond acceptors (Lipinski definition) is 2. The number of amides is 1. The minimum atomic E-state index is -0.139. The number of carbonyl (C=O) groups excluding carboxylic acids is 1. The molecule has 0 aliphatic carbocycles. The average molecular weight is 265 g/mol. The number of aromatic nitrogens is 2. The second-order valence-corrected chi connectivity index (χ2v) is 4.92. The predicted octanol–water partition coefficient (Wildman–Crippen LogP) is 3.04. The van der Waals surface area contributed by atoms with Gasteiger partial charge in [0.25, 0.3) is 5.91 Å². The summed E-state index contributed by atoms with van der Waals surface area (Å²) in [4.78, 5) is 16.5. The van der Waals surface area contributed by atoms with Crippen LogP contribution in [-0.4, -0.2) is 15.6 Å². The fourth-order valence-electron chi connectivity index (χ4n) is 2.33. The smallest absolute Gasteiger partial charge is 0.267 e. The standard InChI is InChI=1S/C16H15N3O/c1-11-7-12(2)9-13(8-11)16(20)18-19-10-17-14-5-3-4-6-15(14)19/h3-10H,1-2H3,(H,18,20). The molecule has 20 heavy (non-hydrogen) atoms. The van der Waals surface area contributed by atoms with Crippen LogP contribution in [0, 0.1) is 13.8 Å². The van der Waals surface area contributed by atoms with Gasteiger partial charge in [-0.25, -0.2) is 9.66 Å². The first-order valence-corrected chi connectivity index (χ1v) is 6.45. The molecule has 1 heterocycles. The molecule has 0 spiro atoms. The van der Waals surface area contributed by atoms with Gasteiger partial charge >= 0.3 is 0 Å². The normalized spacial score (nSPS) is 10.7. The summed E-state index contributed by atoms with van der Waals surface area (Å²) in [5.74, 6) is -0.139. The number of aryl methyl sites for hydroxylation is 2. The van der Waals surface area contributed by atoms with Gasteiger partial charge in [-0.15, -0.1) is 0 Å². The van der Waals surface area contributed by atoms with E-state index in [4.69, 9.17) is 0 Å². The Balaban J connectivity index is 1.92. The van der Waals surface area contributed by atoms with Gasteiger partial charge in [0.15, 0.2) is 0 Å². The van der Waals surface area contributed by atoms with E-state index in [1.807, 2.05) is 56.3 Å². The topological polar surface area (TPSA) is 46.9 Å². The Morgan fingerprint density at radius 3 is 2.55 bits per heavy atom. The third kappa shape index (κ3) is 2.28. The Bertz CT molecular complexity index is 769. The number of imidazole rings is 1. The number of hydrogen-bond donors (Lipinski definition) is 1. The molecule has 1 amide bonds. The van der Waals surface area contributed by atoms with Crippen LogP contribution < -0.4 is 5.43 Å². The van der Waals surface area contributed by atoms with Crippen molar-refractivity contribution in [1.29, 1.82) is 0 Å². The van der Waals surface area contributed by atoms with Gasteiger partial charge in [0.2, 0.25) is 0 Å². The van der Waals surface area contributed by atoms with Crippen LogP contribution in [0.2, 0.25) is 0 Å². The number of fused-ring (bicyclic) bond motifs is 1. The molecule has 0 bridgehead atoms. The monoisotopic (exact) mass is 265 g/mol.